The van der Waals surface area contributed by atoms with E-state index in [1.807, 2.05) is 0 Å². The zero-order valence-corrected chi connectivity index (χ0v) is 53.4. The first-order chi connectivity index (χ1) is 47.1. The second-order valence-corrected chi connectivity index (χ2v) is 32.2. The Morgan fingerprint density at radius 2 is 0.600 bits per heavy atom. The number of hydrogen-bond acceptors (Lipinski definition) is 4. The maximum Gasteiger partial charge on any atom is 0.221 e. The third-order valence-corrected chi connectivity index (χ3v) is 29.2. The molecule has 0 spiro atoms. The molecule has 0 aliphatic rings. The number of para-hydroxylation sites is 6. The molecular weight excluding hydrogens is 1190 g/mol. The summed E-state index contributed by atoms with van der Waals surface area (Å²) in [6.45, 7) is 0. The Morgan fingerprint density at radius 1 is 0.221 bits per heavy atom. The van der Waals surface area contributed by atoms with Gasteiger partial charge in [0, 0.05) is 28.1 Å². The van der Waals surface area contributed by atoms with Crippen LogP contribution in [0.25, 0.3) is 106 Å². The summed E-state index contributed by atoms with van der Waals surface area (Å²) in [6, 6.07) is 126. The second-order valence-electron chi connectivity index (χ2n) is 24.6. The second kappa shape index (κ2) is 21.7. The van der Waals surface area contributed by atoms with Gasteiger partial charge >= 0.3 is 0 Å². The molecule has 6 heterocycles. The third-order valence-electron chi connectivity index (χ3n) is 19.6. The van der Waals surface area contributed by atoms with Gasteiger partial charge in [-0.05, 0) is 114 Å². The first-order valence-corrected chi connectivity index (χ1v) is 36.3. The van der Waals surface area contributed by atoms with E-state index in [0.29, 0.717) is 17.5 Å². The average Bonchev–Trinajstić information content (AvgIpc) is 1.44. The van der Waals surface area contributed by atoms with E-state index >= 15 is 0 Å². The molecule has 0 fully saturated rings. The van der Waals surface area contributed by atoms with Gasteiger partial charge in [0.1, 0.15) is 11.6 Å². The molecule has 95 heavy (non-hydrogen) atoms. The van der Waals surface area contributed by atoms with Crippen molar-refractivity contribution in [2.45, 2.75) is 0 Å². The molecule has 9 nitrogen and oxygen atoms in total. The summed E-state index contributed by atoms with van der Waals surface area (Å²) in [5.41, 5.74) is 11.8. The molecule has 0 atom stereocenters. The first kappa shape index (κ1) is 54.4. The van der Waals surface area contributed by atoms with Gasteiger partial charge in [-0.1, -0.05) is 267 Å². The van der Waals surface area contributed by atoms with Crippen molar-refractivity contribution in [3.05, 3.63) is 346 Å². The molecule has 6 aromatic heterocycles. The van der Waals surface area contributed by atoms with Gasteiger partial charge in [-0.25, -0.2) is 19.9 Å². The third kappa shape index (κ3) is 8.19. The zero-order valence-electron chi connectivity index (χ0n) is 51.4. The summed E-state index contributed by atoms with van der Waals surface area (Å²) >= 11 is 0. The molecule has 0 saturated heterocycles. The highest BCUT2D eigenvalue weighted by molar-refractivity contribution is 7.20. The van der Waals surface area contributed by atoms with Crippen LogP contribution in [0.3, 0.4) is 0 Å². The smallest absolute Gasteiger partial charge is 0.221 e. The van der Waals surface area contributed by atoms with E-state index in [2.05, 4.69) is 368 Å². The minimum absolute atomic E-state index is 0.551. The fourth-order valence-corrected chi connectivity index (χ4v) is 25.1. The van der Waals surface area contributed by atoms with Crippen LogP contribution in [0.15, 0.2) is 346 Å². The fourth-order valence-electron chi connectivity index (χ4n) is 15.6. The van der Waals surface area contributed by atoms with Gasteiger partial charge in [0.2, 0.25) is 11.6 Å². The number of aromatic nitrogens is 9. The number of benzene rings is 13. The average molecular weight is 1250 g/mol. The van der Waals surface area contributed by atoms with Crippen molar-refractivity contribution in [2.24, 2.45) is 0 Å². The molecule has 0 amide bonds. The Bertz CT molecular complexity index is 5910. The summed E-state index contributed by atoms with van der Waals surface area (Å²) in [6.07, 6.45) is 0. The minimum Gasteiger partial charge on any atom is -0.309 e. The normalized spacial score (nSPS) is 12.2. The fraction of sp³-hybridized carbons (Fsp3) is 0. The number of hydrogen-bond donors (Lipinski definition) is 0. The Hall–Kier alpha value is -12.3. The lowest BCUT2D eigenvalue weighted by atomic mass is 10.1. The highest BCUT2D eigenvalue weighted by atomic mass is 28.3. The molecule has 19 aromatic rings. The van der Waals surface area contributed by atoms with E-state index in [9.17, 15) is 0 Å². The van der Waals surface area contributed by atoms with E-state index < -0.39 is 16.1 Å². The van der Waals surface area contributed by atoms with Gasteiger partial charge in [-0.3, -0.25) is 17.9 Å². The Morgan fingerprint density at radius 3 is 1.09 bits per heavy atom. The van der Waals surface area contributed by atoms with Crippen LogP contribution in [0.4, 0.5) is 0 Å². The molecule has 0 aliphatic heterocycles. The van der Waals surface area contributed by atoms with Crippen LogP contribution in [0, 0.1) is 0 Å². The van der Waals surface area contributed by atoms with Gasteiger partial charge in [-0.2, -0.15) is 0 Å². The van der Waals surface area contributed by atoms with Crippen molar-refractivity contribution in [3.63, 3.8) is 0 Å². The maximum absolute atomic E-state index is 5.83. The van der Waals surface area contributed by atoms with E-state index in [0.717, 1.165) is 78.0 Å². The zero-order chi connectivity index (χ0) is 62.6. The van der Waals surface area contributed by atoms with Crippen LogP contribution in [0.2, 0.25) is 0 Å². The predicted molar refractivity (Wildman–Crippen MR) is 395 cm³/mol. The first-order valence-electron chi connectivity index (χ1n) is 32.3. The standard InChI is InChI=1S/C84H57N9Si2/c1-7-30-60(31-8-1)94(61-32-9-2-10-33-61,62-34-11-3-12-35-62)66-50-52-71-78(55-66)91-79-56-67(95(63-36-13-4-14-37-63,64-38-15-5-16-39-64)65-40-17-6-18-41-65)51-53-77(79)93(84(91)86-71)81-57-80(92-76-49-26-25-48-75(76)90-74-47-24-21-44-70(74)85-83(90)92)87-82(88-81)58-28-27-29-59(54-58)89-72-45-22-19-42-68(72)69-43-20-23-46-73(69)89/h1-57H. The minimum atomic E-state index is -3.10. The van der Waals surface area contributed by atoms with Crippen LogP contribution in [0.1, 0.15) is 0 Å². The largest absolute Gasteiger partial charge is 0.309 e. The van der Waals surface area contributed by atoms with Crippen molar-refractivity contribution in [3.8, 4) is 28.7 Å². The Kier molecular flexibility index (Phi) is 12.4. The van der Waals surface area contributed by atoms with Gasteiger partial charge in [-0.15, -0.1) is 0 Å². The Labute approximate surface area is 548 Å². The van der Waals surface area contributed by atoms with Gasteiger partial charge in [0.25, 0.3) is 0 Å². The quantitative estimate of drug-likeness (QED) is 0.0902. The molecule has 13 aromatic carbocycles. The number of fused-ring (bicyclic) bond motifs is 13. The molecule has 446 valence electrons. The number of imidazole rings is 4. The van der Waals surface area contributed by atoms with Crippen LogP contribution < -0.4 is 41.5 Å². The summed E-state index contributed by atoms with van der Waals surface area (Å²) in [4.78, 5) is 22.8. The SMILES string of the molecule is c1ccc([Si](c2ccccc2)(c2ccccc2)c2ccc3nc4n(-c5cc(-n6c7ccccc7n7c8ccccc8nc67)nc(-c6cccc(-n7c8ccccc8c8ccccc87)c6)n5)c5ccc([Si](c6ccccc6)(c6ccccc6)c6ccccc6)cc5n4c3c2)cc1. The van der Waals surface area contributed by atoms with Crippen molar-refractivity contribution in [1.29, 1.82) is 0 Å². The van der Waals surface area contributed by atoms with Crippen LogP contribution in [-0.4, -0.2) is 58.6 Å². The lowest BCUT2D eigenvalue weighted by molar-refractivity contribution is 0.969. The summed E-state index contributed by atoms with van der Waals surface area (Å²) in [5.74, 6) is 3.35. The lowest BCUT2D eigenvalue weighted by Gasteiger charge is -2.34. The molecule has 0 radical (unpaired) electrons. The molecule has 0 unspecified atom stereocenters. The van der Waals surface area contributed by atoms with Crippen LogP contribution >= 0.6 is 0 Å². The lowest BCUT2D eigenvalue weighted by Crippen LogP contribution is -2.74. The summed E-state index contributed by atoms with van der Waals surface area (Å²) in [7, 11) is -6.15. The Balaban J connectivity index is 0.941. The van der Waals surface area contributed by atoms with Gasteiger partial charge in [0.15, 0.2) is 22.0 Å². The number of rotatable bonds is 12. The van der Waals surface area contributed by atoms with Gasteiger partial charge < -0.3 is 4.57 Å². The number of nitrogens with zero attached hydrogens (tertiary/aromatic N) is 9. The molecule has 0 N–H and O–H groups in total. The van der Waals surface area contributed by atoms with E-state index in [4.69, 9.17) is 19.9 Å². The molecule has 0 aliphatic carbocycles. The molecule has 0 bridgehead atoms. The van der Waals surface area contributed by atoms with Crippen molar-refractivity contribution in [1.82, 2.24) is 42.4 Å². The topological polar surface area (TPSA) is 75.2 Å². The molecular formula is C84H57N9Si2. The predicted octanol–water partition coefficient (Wildman–Crippen LogP) is 13.5. The van der Waals surface area contributed by atoms with Crippen LogP contribution in [0.5, 0.6) is 0 Å². The van der Waals surface area contributed by atoms with Gasteiger partial charge in [0.05, 0.1) is 55.2 Å². The highest BCUT2D eigenvalue weighted by Crippen LogP contribution is 2.37. The molecule has 11 heteroatoms. The van der Waals surface area contributed by atoms with Crippen molar-refractivity contribution in [2.75, 3.05) is 0 Å². The summed E-state index contributed by atoms with van der Waals surface area (Å²) in [5, 5.41) is 12.6. The van der Waals surface area contributed by atoms with E-state index in [1.165, 1.54) is 52.3 Å². The van der Waals surface area contributed by atoms with E-state index in [-0.39, 0.29) is 0 Å². The summed E-state index contributed by atoms with van der Waals surface area (Å²) < 4.78 is 11.5. The highest BCUT2D eigenvalue weighted by Gasteiger charge is 2.44. The maximum atomic E-state index is 5.83. The molecule has 19 rings (SSSR count). The van der Waals surface area contributed by atoms with Crippen molar-refractivity contribution >= 4 is 135 Å². The van der Waals surface area contributed by atoms with Crippen LogP contribution in [-0.2, 0) is 0 Å². The van der Waals surface area contributed by atoms with E-state index in [1.54, 1.807) is 0 Å². The monoisotopic (exact) mass is 1250 g/mol. The molecule has 0 saturated carbocycles. The van der Waals surface area contributed by atoms with Crippen molar-refractivity contribution < 1.29 is 0 Å².